The van der Waals surface area contributed by atoms with E-state index in [9.17, 15) is 4.79 Å². The van der Waals surface area contributed by atoms with Crippen LogP contribution in [0.5, 0.6) is 11.5 Å². The lowest BCUT2D eigenvalue weighted by Crippen LogP contribution is -2.24. The van der Waals surface area contributed by atoms with E-state index in [0.29, 0.717) is 12.4 Å². The molecule has 2 rings (SSSR count). The van der Waals surface area contributed by atoms with E-state index < -0.39 is 0 Å². The lowest BCUT2D eigenvalue weighted by Gasteiger charge is -2.07. The highest BCUT2D eigenvalue weighted by atomic mass is 16.5. The fraction of sp³-hybridized carbons (Fsp3) is 0.263. The number of carbonyl (C=O) groups is 1. The molecular weight excluding hydrogens is 304 g/mol. The van der Waals surface area contributed by atoms with Gasteiger partial charge < -0.3 is 9.47 Å². The third-order valence-corrected chi connectivity index (χ3v) is 3.44. The largest absolute Gasteiger partial charge is 0.494 e. The molecule has 5 nitrogen and oxygen atoms in total. The Morgan fingerprint density at radius 1 is 1.04 bits per heavy atom. The second-order valence-electron chi connectivity index (χ2n) is 5.33. The van der Waals surface area contributed by atoms with E-state index in [1.54, 1.807) is 6.21 Å². The Hall–Kier alpha value is -2.82. The van der Waals surface area contributed by atoms with Gasteiger partial charge in [0.1, 0.15) is 11.5 Å². The van der Waals surface area contributed by atoms with Gasteiger partial charge in [0.2, 0.25) is 0 Å². The molecule has 2 aromatic rings. The molecule has 24 heavy (non-hydrogen) atoms. The maximum Gasteiger partial charge on any atom is 0.277 e. The van der Waals surface area contributed by atoms with Gasteiger partial charge in [-0.2, -0.15) is 5.10 Å². The summed E-state index contributed by atoms with van der Waals surface area (Å²) >= 11 is 0. The molecule has 0 fully saturated rings. The van der Waals surface area contributed by atoms with Gasteiger partial charge in [0.15, 0.2) is 6.61 Å². The zero-order valence-corrected chi connectivity index (χ0v) is 14.2. The fourth-order valence-electron chi connectivity index (χ4n) is 1.98. The molecular formula is C19H22N2O3. The molecule has 0 radical (unpaired) electrons. The molecule has 0 aliphatic rings. The minimum Gasteiger partial charge on any atom is -0.494 e. The molecule has 0 spiro atoms. The maximum atomic E-state index is 11.7. The smallest absolute Gasteiger partial charge is 0.277 e. The summed E-state index contributed by atoms with van der Waals surface area (Å²) in [4.78, 5) is 11.7. The van der Waals surface area contributed by atoms with Gasteiger partial charge in [-0.05, 0) is 73.9 Å². The molecule has 126 valence electrons. The van der Waals surface area contributed by atoms with Crippen molar-refractivity contribution >= 4 is 12.1 Å². The predicted molar refractivity (Wildman–Crippen MR) is 94.8 cm³/mol. The zero-order valence-electron chi connectivity index (χ0n) is 14.2. The van der Waals surface area contributed by atoms with Crippen molar-refractivity contribution < 1.29 is 14.3 Å². The Morgan fingerprint density at radius 3 is 2.42 bits per heavy atom. The Kier molecular flexibility index (Phi) is 6.37. The average Bonchev–Trinajstić information content (AvgIpc) is 2.58. The number of hydrogen-bond acceptors (Lipinski definition) is 4. The number of ether oxygens (including phenoxy) is 2. The summed E-state index contributed by atoms with van der Waals surface area (Å²) in [5, 5.41) is 3.92. The molecule has 0 saturated carbocycles. The molecule has 0 saturated heterocycles. The van der Waals surface area contributed by atoms with Crippen molar-refractivity contribution in [2.45, 2.75) is 20.8 Å². The van der Waals surface area contributed by atoms with Gasteiger partial charge in [-0.1, -0.05) is 6.07 Å². The van der Waals surface area contributed by atoms with E-state index in [-0.39, 0.29) is 12.5 Å². The van der Waals surface area contributed by atoms with Crippen molar-refractivity contribution in [2.24, 2.45) is 5.10 Å². The summed E-state index contributed by atoms with van der Waals surface area (Å²) in [5.74, 6) is 1.17. The van der Waals surface area contributed by atoms with Gasteiger partial charge in [0.05, 0.1) is 12.8 Å². The van der Waals surface area contributed by atoms with Crippen LogP contribution in [0.2, 0.25) is 0 Å². The monoisotopic (exact) mass is 326 g/mol. The first kappa shape index (κ1) is 17.5. The van der Waals surface area contributed by atoms with E-state index >= 15 is 0 Å². The quantitative estimate of drug-likeness (QED) is 0.628. The van der Waals surface area contributed by atoms with Crippen molar-refractivity contribution in [2.75, 3.05) is 13.2 Å². The van der Waals surface area contributed by atoms with Crippen LogP contribution < -0.4 is 14.9 Å². The fourth-order valence-corrected chi connectivity index (χ4v) is 1.98. The summed E-state index contributed by atoms with van der Waals surface area (Å²) in [6, 6.07) is 13.2. The van der Waals surface area contributed by atoms with Crippen LogP contribution in [0.1, 0.15) is 23.6 Å². The van der Waals surface area contributed by atoms with Crippen molar-refractivity contribution in [1.82, 2.24) is 5.43 Å². The normalized spacial score (nSPS) is 10.6. The third-order valence-electron chi connectivity index (χ3n) is 3.44. The topological polar surface area (TPSA) is 59.9 Å². The summed E-state index contributed by atoms with van der Waals surface area (Å²) < 4.78 is 10.8. The first-order chi connectivity index (χ1) is 11.6. The highest BCUT2D eigenvalue weighted by molar-refractivity contribution is 5.83. The van der Waals surface area contributed by atoms with E-state index in [4.69, 9.17) is 9.47 Å². The number of rotatable bonds is 7. The van der Waals surface area contributed by atoms with Crippen molar-refractivity contribution in [3.8, 4) is 11.5 Å². The van der Waals surface area contributed by atoms with Crippen molar-refractivity contribution in [3.63, 3.8) is 0 Å². The van der Waals surface area contributed by atoms with Gasteiger partial charge in [-0.3, -0.25) is 4.79 Å². The molecule has 0 unspecified atom stereocenters. The van der Waals surface area contributed by atoms with Gasteiger partial charge in [-0.25, -0.2) is 5.43 Å². The number of hydrogen-bond donors (Lipinski definition) is 1. The first-order valence-electron chi connectivity index (χ1n) is 7.83. The van der Waals surface area contributed by atoms with Crippen molar-refractivity contribution in [1.29, 1.82) is 0 Å². The standard InChI is InChI=1S/C19H22N2O3/c1-4-23-17-9-6-16(7-10-17)12-20-21-19(22)13-24-18-8-5-14(2)15(3)11-18/h5-12H,4,13H2,1-3H3,(H,21,22)/b20-12-. The third kappa shape index (κ3) is 5.43. The highest BCUT2D eigenvalue weighted by Crippen LogP contribution is 2.16. The number of carbonyl (C=O) groups excluding carboxylic acids is 1. The van der Waals surface area contributed by atoms with Crippen LogP contribution in [-0.4, -0.2) is 25.3 Å². The summed E-state index contributed by atoms with van der Waals surface area (Å²) in [6.45, 7) is 6.52. The van der Waals surface area contributed by atoms with E-state index in [0.717, 1.165) is 16.9 Å². The van der Waals surface area contributed by atoms with Crippen LogP contribution >= 0.6 is 0 Å². The number of amides is 1. The van der Waals surface area contributed by atoms with Crippen molar-refractivity contribution in [3.05, 3.63) is 59.2 Å². The van der Waals surface area contributed by atoms with Gasteiger partial charge >= 0.3 is 0 Å². The van der Waals surface area contributed by atoms with Crippen LogP contribution in [-0.2, 0) is 4.79 Å². The Balaban J connectivity index is 1.78. The minimum absolute atomic E-state index is 0.0802. The Morgan fingerprint density at radius 2 is 1.75 bits per heavy atom. The number of nitrogens with one attached hydrogen (secondary N) is 1. The number of aryl methyl sites for hydroxylation is 2. The van der Waals surface area contributed by atoms with E-state index in [1.165, 1.54) is 5.56 Å². The van der Waals surface area contributed by atoms with Gasteiger partial charge in [0.25, 0.3) is 5.91 Å². The van der Waals surface area contributed by atoms with Crippen LogP contribution in [0.3, 0.4) is 0 Å². The Bertz CT molecular complexity index is 709. The van der Waals surface area contributed by atoms with Crippen LogP contribution in [0.4, 0.5) is 0 Å². The number of nitrogens with zero attached hydrogens (tertiary/aromatic N) is 1. The second-order valence-corrected chi connectivity index (χ2v) is 5.33. The molecule has 2 aromatic carbocycles. The van der Waals surface area contributed by atoms with Gasteiger partial charge in [-0.15, -0.1) is 0 Å². The summed E-state index contributed by atoms with van der Waals surface area (Å²) in [5.41, 5.74) is 5.62. The molecule has 0 atom stereocenters. The van der Waals surface area contributed by atoms with Crippen LogP contribution in [0.25, 0.3) is 0 Å². The molecule has 1 amide bonds. The van der Waals surface area contributed by atoms with E-state index in [2.05, 4.69) is 10.5 Å². The van der Waals surface area contributed by atoms with E-state index in [1.807, 2.05) is 63.2 Å². The molecule has 5 heteroatoms. The number of hydrazone groups is 1. The van der Waals surface area contributed by atoms with Gasteiger partial charge in [0, 0.05) is 0 Å². The predicted octanol–water partition coefficient (Wildman–Crippen LogP) is 3.23. The summed E-state index contributed by atoms with van der Waals surface area (Å²) in [6.07, 6.45) is 1.57. The minimum atomic E-state index is -0.310. The molecule has 0 aliphatic carbocycles. The summed E-state index contributed by atoms with van der Waals surface area (Å²) in [7, 11) is 0. The molecule has 0 aromatic heterocycles. The Labute approximate surface area is 142 Å². The molecule has 0 heterocycles. The SMILES string of the molecule is CCOc1ccc(/C=N\NC(=O)COc2ccc(C)c(C)c2)cc1. The lowest BCUT2D eigenvalue weighted by molar-refractivity contribution is -0.123. The molecule has 1 N–H and O–H groups in total. The first-order valence-corrected chi connectivity index (χ1v) is 7.83. The van der Waals surface area contributed by atoms with Crippen LogP contribution in [0, 0.1) is 13.8 Å². The average molecular weight is 326 g/mol. The maximum absolute atomic E-state index is 11.7. The highest BCUT2D eigenvalue weighted by Gasteiger charge is 2.02. The molecule has 0 bridgehead atoms. The number of benzene rings is 2. The zero-order chi connectivity index (χ0) is 17.4. The second kappa shape index (κ2) is 8.72. The molecule has 0 aliphatic heterocycles. The lowest BCUT2D eigenvalue weighted by atomic mass is 10.1. The van der Waals surface area contributed by atoms with Crippen LogP contribution in [0.15, 0.2) is 47.6 Å².